The van der Waals surface area contributed by atoms with E-state index in [2.05, 4.69) is 20.6 Å². The number of halogens is 1. The van der Waals surface area contributed by atoms with Gasteiger partial charge in [-0.25, -0.2) is 9.97 Å². The molecule has 0 bridgehead atoms. The number of ether oxygens (including phenoxy) is 1. The molecule has 0 aliphatic heterocycles. The number of anilines is 2. The number of carbonyl (C=O) groups is 1. The first-order chi connectivity index (χ1) is 13.6. The van der Waals surface area contributed by atoms with Crippen molar-refractivity contribution in [3.63, 3.8) is 0 Å². The van der Waals surface area contributed by atoms with Crippen molar-refractivity contribution in [3.8, 4) is 5.75 Å². The minimum Gasteiger partial charge on any atom is -0.497 e. The summed E-state index contributed by atoms with van der Waals surface area (Å²) < 4.78 is 5.12. The molecule has 1 amide bonds. The van der Waals surface area contributed by atoms with Crippen molar-refractivity contribution in [1.82, 2.24) is 9.97 Å². The summed E-state index contributed by atoms with van der Waals surface area (Å²) in [6, 6.07) is 12.8. The summed E-state index contributed by atoms with van der Waals surface area (Å²) >= 11 is 6.12. The molecule has 2 N–H and O–H groups in total. The second kappa shape index (κ2) is 8.02. The van der Waals surface area contributed by atoms with E-state index < -0.39 is 0 Å². The Morgan fingerprint density at radius 2 is 1.96 bits per heavy atom. The van der Waals surface area contributed by atoms with E-state index in [0.717, 1.165) is 46.8 Å². The van der Waals surface area contributed by atoms with Crippen LogP contribution in [-0.4, -0.2) is 29.5 Å². The zero-order chi connectivity index (χ0) is 19.5. The molecule has 1 heterocycles. The lowest BCUT2D eigenvalue weighted by Crippen LogP contribution is -2.17. The lowest BCUT2D eigenvalue weighted by molar-refractivity contribution is -0.115. The Morgan fingerprint density at radius 1 is 1.18 bits per heavy atom. The van der Waals surface area contributed by atoms with Crippen LogP contribution in [0.4, 0.5) is 11.5 Å². The summed E-state index contributed by atoms with van der Waals surface area (Å²) in [4.78, 5) is 21.5. The quantitative estimate of drug-likeness (QED) is 0.609. The number of aromatic nitrogens is 2. The smallest absolute Gasteiger partial charge is 0.226 e. The lowest BCUT2D eigenvalue weighted by Gasteiger charge is -2.11. The third-order valence-electron chi connectivity index (χ3n) is 4.64. The van der Waals surface area contributed by atoms with E-state index in [1.807, 2.05) is 42.5 Å². The first kappa shape index (κ1) is 18.5. The number of carbonyl (C=O) groups excluding carboxylic acids is 1. The summed E-state index contributed by atoms with van der Waals surface area (Å²) in [5, 5.41) is 7.73. The molecule has 7 heteroatoms. The Hall–Kier alpha value is -2.86. The highest BCUT2D eigenvalue weighted by Gasteiger charge is 2.27. The molecule has 3 aromatic rings. The van der Waals surface area contributed by atoms with Crippen LogP contribution in [0.25, 0.3) is 10.9 Å². The first-order valence-corrected chi connectivity index (χ1v) is 9.65. The molecule has 1 aliphatic rings. The Kier molecular flexibility index (Phi) is 5.30. The summed E-state index contributed by atoms with van der Waals surface area (Å²) in [5.41, 5.74) is 1.57. The maximum atomic E-state index is 12.2. The van der Waals surface area contributed by atoms with Crippen LogP contribution in [0.15, 0.2) is 42.5 Å². The van der Waals surface area contributed by atoms with Crippen LogP contribution >= 0.6 is 11.6 Å². The Bertz CT molecular complexity index is 1000. The molecule has 1 fully saturated rings. The van der Waals surface area contributed by atoms with Gasteiger partial charge in [-0.05, 0) is 55.3 Å². The average molecular weight is 397 g/mol. The van der Waals surface area contributed by atoms with Crippen LogP contribution < -0.4 is 15.4 Å². The van der Waals surface area contributed by atoms with Gasteiger partial charge in [0.25, 0.3) is 0 Å². The van der Waals surface area contributed by atoms with Crippen molar-refractivity contribution in [1.29, 1.82) is 0 Å². The summed E-state index contributed by atoms with van der Waals surface area (Å²) in [6.07, 6.45) is 2.56. The largest absolute Gasteiger partial charge is 0.497 e. The molecule has 1 aliphatic carbocycles. The van der Waals surface area contributed by atoms with Crippen LogP contribution in [0.1, 0.15) is 31.0 Å². The predicted octanol–water partition coefficient (Wildman–Crippen LogP) is 4.61. The average Bonchev–Trinajstić information content (AvgIpc) is 3.53. The molecule has 28 heavy (non-hydrogen) atoms. The monoisotopic (exact) mass is 396 g/mol. The number of hydrogen-bond donors (Lipinski definition) is 2. The van der Waals surface area contributed by atoms with Crippen LogP contribution in [-0.2, 0) is 4.79 Å². The molecular formula is C21H21ClN4O2. The molecule has 0 unspecified atom stereocenters. The van der Waals surface area contributed by atoms with Crippen molar-refractivity contribution >= 4 is 39.9 Å². The van der Waals surface area contributed by atoms with Gasteiger partial charge in [-0.2, -0.15) is 0 Å². The van der Waals surface area contributed by atoms with E-state index >= 15 is 0 Å². The summed E-state index contributed by atoms with van der Waals surface area (Å²) in [5.74, 6) is 2.71. The fourth-order valence-corrected chi connectivity index (χ4v) is 3.14. The van der Waals surface area contributed by atoms with Gasteiger partial charge in [-0.3, -0.25) is 4.79 Å². The lowest BCUT2D eigenvalue weighted by atomic mass is 10.2. The number of nitrogens with one attached hydrogen (secondary N) is 2. The zero-order valence-electron chi connectivity index (χ0n) is 15.5. The number of rotatable bonds is 7. The van der Waals surface area contributed by atoms with E-state index in [-0.39, 0.29) is 5.91 Å². The fourth-order valence-electron chi connectivity index (χ4n) is 2.97. The number of nitrogens with zero attached hydrogens (tertiary/aromatic N) is 2. The second-order valence-corrected chi connectivity index (χ2v) is 7.26. The Balaban J connectivity index is 1.41. The molecular weight excluding hydrogens is 376 g/mol. The maximum absolute atomic E-state index is 12.2. The fraction of sp³-hybridized carbons (Fsp3) is 0.286. The van der Waals surface area contributed by atoms with E-state index in [4.69, 9.17) is 16.3 Å². The highest BCUT2D eigenvalue weighted by molar-refractivity contribution is 6.31. The highest BCUT2D eigenvalue weighted by atomic mass is 35.5. The van der Waals surface area contributed by atoms with Crippen LogP contribution in [0.2, 0.25) is 5.02 Å². The minimum atomic E-state index is -0.0681. The minimum absolute atomic E-state index is 0.0681. The molecule has 0 spiro atoms. The number of hydrogen-bond acceptors (Lipinski definition) is 5. The van der Waals surface area contributed by atoms with E-state index in [1.165, 1.54) is 0 Å². The van der Waals surface area contributed by atoms with Crippen LogP contribution in [0, 0.1) is 0 Å². The van der Waals surface area contributed by atoms with Crippen molar-refractivity contribution in [2.75, 3.05) is 24.3 Å². The molecule has 0 saturated heterocycles. The number of methoxy groups -OCH3 is 1. The number of benzene rings is 2. The highest BCUT2D eigenvalue weighted by Crippen LogP contribution is 2.39. The zero-order valence-corrected chi connectivity index (χ0v) is 16.3. The SMILES string of the molecule is COc1ccc(NC(=O)CCNc2nc(C3CC3)nc3cc(Cl)ccc23)cc1. The normalized spacial score (nSPS) is 13.4. The molecule has 0 atom stereocenters. The predicted molar refractivity (Wildman–Crippen MR) is 111 cm³/mol. The van der Waals surface area contributed by atoms with E-state index in [9.17, 15) is 4.79 Å². The molecule has 4 rings (SSSR count). The Labute approximate surface area is 168 Å². The summed E-state index contributed by atoms with van der Waals surface area (Å²) in [6.45, 7) is 0.473. The topological polar surface area (TPSA) is 76.1 Å². The van der Waals surface area contributed by atoms with Gasteiger partial charge in [0, 0.05) is 35.0 Å². The van der Waals surface area contributed by atoms with Gasteiger partial charge in [0.1, 0.15) is 17.4 Å². The molecule has 1 aromatic heterocycles. The van der Waals surface area contributed by atoms with E-state index in [1.54, 1.807) is 7.11 Å². The second-order valence-electron chi connectivity index (χ2n) is 6.82. The van der Waals surface area contributed by atoms with Crippen molar-refractivity contribution in [2.45, 2.75) is 25.2 Å². The van der Waals surface area contributed by atoms with Crippen LogP contribution in [0.3, 0.4) is 0 Å². The van der Waals surface area contributed by atoms with Gasteiger partial charge in [-0.1, -0.05) is 11.6 Å². The number of amides is 1. The molecule has 1 saturated carbocycles. The molecule has 144 valence electrons. The van der Waals surface area contributed by atoms with Gasteiger partial charge >= 0.3 is 0 Å². The molecule has 2 aromatic carbocycles. The van der Waals surface area contributed by atoms with Gasteiger partial charge in [0.2, 0.25) is 5.91 Å². The third kappa shape index (κ3) is 4.34. The molecule has 6 nitrogen and oxygen atoms in total. The summed E-state index contributed by atoms with van der Waals surface area (Å²) in [7, 11) is 1.61. The first-order valence-electron chi connectivity index (χ1n) is 9.27. The van der Waals surface area contributed by atoms with Crippen molar-refractivity contribution in [3.05, 3.63) is 53.3 Å². The van der Waals surface area contributed by atoms with Gasteiger partial charge in [0.05, 0.1) is 12.6 Å². The number of fused-ring (bicyclic) bond motifs is 1. The van der Waals surface area contributed by atoms with E-state index in [0.29, 0.717) is 23.9 Å². The van der Waals surface area contributed by atoms with Gasteiger partial charge < -0.3 is 15.4 Å². The van der Waals surface area contributed by atoms with Crippen molar-refractivity contribution in [2.24, 2.45) is 0 Å². The standard InChI is InChI=1S/C21H21ClN4O2/c1-28-16-7-5-15(6-8-16)24-19(27)10-11-23-21-17-9-4-14(22)12-18(17)25-20(26-21)13-2-3-13/h4-9,12-13H,2-3,10-11H2,1H3,(H,24,27)(H,23,25,26). The Morgan fingerprint density at radius 3 is 2.68 bits per heavy atom. The van der Waals surface area contributed by atoms with Gasteiger partial charge in [-0.15, -0.1) is 0 Å². The van der Waals surface area contributed by atoms with Crippen molar-refractivity contribution < 1.29 is 9.53 Å². The third-order valence-corrected chi connectivity index (χ3v) is 4.87. The molecule has 0 radical (unpaired) electrons. The van der Waals surface area contributed by atoms with Gasteiger partial charge in [0.15, 0.2) is 0 Å². The maximum Gasteiger partial charge on any atom is 0.226 e. The van der Waals surface area contributed by atoms with Crippen LogP contribution in [0.5, 0.6) is 5.75 Å².